The SMILES string of the molecule is Cc1cc(NC2=NS(=O)(=O)c3cc([N+](=O)[O-])ccc32)c([N+](=O)[O-])cc1C. The van der Waals surface area contributed by atoms with Crippen LogP contribution in [-0.4, -0.2) is 24.1 Å². The summed E-state index contributed by atoms with van der Waals surface area (Å²) in [5.74, 6) is -0.124. The number of benzene rings is 2. The van der Waals surface area contributed by atoms with E-state index in [1.807, 2.05) is 0 Å². The summed E-state index contributed by atoms with van der Waals surface area (Å²) >= 11 is 0. The molecular weight excluding hydrogens is 364 g/mol. The minimum Gasteiger partial charge on any atom is -0.333 e. The van der Waals surface area contributed by atoms with Crippen molar-refractivity contribution in [3.8, 4) is 0 Å². The first-order valence-corrected chi connectivity index (χ1v) is 8.70. The van der Waals surface area contributed by atoms with Gasteiger partial charge in [-0.15, -0.1) is 4.40 Å². The third kappa shape index (κ3) is 2.88. The molecule has 0 saturated carbocycles. The highest BCUT2D eigenvalue weighted by Crippen LogP contribution is 2.33. The molecule has 0 saturated heterocycles. The first kappa shape index (κ1) is 17.5. The fraction of sp³-hybridized carbons (Fsp3) is 0.133. The van der Waals surface area contributed by atoms with Crippen LogP contribution in [0, 0.1) is 34.1 Å². The molecule has 2 aromatic rings. The molecule has 0 aliphatic carbocycles. The average molecular weight is 376 g/mol. The number of nitrogens with one attached hydrogen (secondary N) is 1. The number of nitrogens with zero attached hydrogens (tertiary/aromatic N) is 3. The van der Waals surface area contributed by atoms with E-state index in [0.29, 0.717) is 5.56 Å². The van der Waals surface area contributed by atoms with Crippen LogP contribution in [0.25, 0.3) is 0 Å². The van der Waals surface area contributed by atoms with Crippen molar-refractivity contribution in [1.82, 2.24) is 0 Å². The van der Waals surface area contributed by atoms with Crippen LogP contribution in [0.5, 0.6) is 0 Å². The molecule has 0 amide bonds. The van der Waals surface area contributed by atoms with Gasteiger partial charge in [0.1, 0.15) is 10.6 Å². The molecule has 0 atom stereocenters. The molecule has 2 aromatic carbocycles. The molecule has 26 heavy (non-hydrogen) atoms. The molecule has 0 spiro atoms. The van der Waals surface area contributed by atoms with Crippen molar-refractivity contribution >= 4 is 32.9 Å². The molecule has 1 aliphatic rings. The van der Waals surface area contributed by atoms with E-state index in [1.165, 1.54) is 18.2 Å². The quantitative estimate of drug-likeness (QED) is 0.640. The maximum Gasteiger partial charge on any atom is 0.292 e. The number of non-ortho nitro benzene ring substituents is 1. The summed E-state index contributed by atoms with van der Waals surface area (Å²) in [5, 5.41) is 24.8. The Hall–Kier alpha value is -3.34. The van der Waals surface area contributed by atoms with Crippen molar-refractivity contribution in [3.63, 3.8) is 0 Å². The molecule has 0 unspecified atom stereocenters. The number of nitro benzene ring substituents is 2. The topological polar surface area (TPSA) is 145 Å². The van der Waals surface area contributed by atoms with Crippen LogP contribution in [-0.2, 0) is 10.0 Å². The average Bonchev–Trinajstić information content (AvgIpc) is 2.80. The molecule has 0 aromatic heterocycles. The number of sulfonamides is 1. The lowest BCUT2D eigenvalue weighted by Gasteiger charge is -2.10. The molecule has 1 heterocycles. The van der Waals surface area contributed by atoms with Crippen molar-refractivity contribution in [2.75, 3.05) is 5.32 Å². The van der Waals surface area contributed by atoms with E-state index in [4.69, 9.17) is 0 Å². The van der Waals surface area contributed by atoms with E-state index in [9.17, 15) is 28.6 Å². The second-order valence-electron chi connectivity index (χ2n) is 5.69. The van der Waals surface area contributed by atoms with Gasteiger partial charge in [-0.05, 0) is 37.1 Å². The number of hydrogen-bond acceptors (Lipinski definition) is 7. The molecule has 134 valence electrons. The van der Waals surface area contributed by atoms with E-state index < -0.39 is 19.9 Å². The predicted molar refractivity (Wildman–Crippen MR) is 93.0 cm³/mol. The number of anilines is 1. The summed E-state index contributed by atoms with van der Waals surface area (Å²) < 4.78 is 27.9. The van der Waals surface area contributed by atoms with Crippen LogP contribution in [0.3, 0.4) is 0 Å². The summed E-state index contributed by atoms with van der Waals surface area (Å²) in [7, 11) is -4.13. The molecule has 0 fully saturated rings. The van der Waals surface area contributed by atoms with E-state index >= 15 is 0 Å². The summed E-state index contributed by atoms with van der Waals surface area (Å²) in [6.45, 7) is 3.48. The van der Waals surface area contributed by atoms with E-state index in [1.54, 1.807) is 13.8 Å². The lowest BCUT2D eigenvalue weighted by atomic mass is 10.1. The summed E-state index contributed by atoms with van der Waals surface area (Å²) in [5.41, 5.74) is 1.05. The molecule has 3 rings (SSSR count). The van der Waals surface area contributed by atoms with Crippen LogP contribution in [0.4, 0.5) is 17.1 Å². The zero-order valence-corrected chi connectivity index (χ0v) is 14.4. The second-order valence-corrected chi connectivity index (χ2v) is 7.26. The number of nitro groups is 2. The Balaban J connectivity index is 2.11. The molecular formula is C15H12N4O6S. The number of fused-ring (bicyclic) bond motifs is 1. The Morgan fingerprint density at radius 1 is 1.00 bits per heavy atom. The maximum absolute atomic E-state index is 12.2. The Labute approximate surface area is 147 Å². The van der Waals surface area contributed by atoms with Crippen molar-refractivity contribution in [1.29, 1.82) is 0 Å². The fourth-order valence-corrected chi connectivity index (χ4v) is 3.72. The zero-order valence-electron chi connectivity index (χ0n) is 13.6. The minimum absolute atomic E-state index is 0.0817. The highest BCUT2D eigenvalue weighted by Gasteiger charge is 2.32. The summed E-state index contributed by atoms with van der Waals surface area (Å²) in [4.78, 5) is 20.5. The predicted octanol–water partition coefficient (Wildman–Crippen LogP) is 2.68. The van der Waals surface area contributed by atoms with Crippen LogP contribution in [0.15, 0.2) is 39.6 Å². The van der Waals surface area contributed by atoms with Gasteiger partial charge in [0.2, 0.25) is 0 Å². The van der Waals surface area contributed by atoms with Crippen molar-refractivity contribution in [2.24, 2.45) is 4.40 Å². The van der Waals surface area contributed by atoms with Crippen molar-refractivity contribution in [2.45, 2.75) is 18.7 Å². The monoisotopic (exact) mass is 376 g/mol. The van der Waals surface area contributed by atoms with Gasteiger partial charge in [0.25, 0.3) is 21.4 Å². The first-order valence-electron chi connectivity index (χ1n) is 7.26. The number of rotatable bonds is 3. The van der Waals surface area contributed by atoms with Crippen LogP contribution >= 0.6 is 0 Å². The molecule has 0 bridgehead atoms. The summed E-state index contributed by atoms with van der Waals surface area (Å²) in [6.07, 6.45) is 0. The normalized spacial score (nSPS) is 14.5. The number of hydrogen-bond donors (Lipinski definition) is 1. The highest BCUT2D eigenvalue weighted by molar-refractivity contribution is 7.90. The minimum atomic E-state index is -4.13. The van der Waals surface area contributed by atoms with Gasteiger partial charge in [-0.2, -0.15) is 8.42 Å². The van der Waals surface area contributed by atoms with Gasteiger partial charge in [-0.25, -0.2) is 0 Å². The van der Waals surface area contributed by atoms with Crippen LogP contribution < -0.4 is 5.32 Å². The molecule has 0 radical (unpaired) electrons. The van der Waals surface area contributed by atoms with Gasteiger partial charge in [0, 0.05) is 23.8 Å². The highest BCUT2D eigenvalue weighted by atomic mass is 32.2. The smallest absolute Gasteiger partial charge is 0.292 e. The van der Waals surface area contributed by atoms with E-state index in [0.717, 1.165) is 17.7 Å². The van der Waals surface area contributed by atoms with Gasteiger partial charge in [-0.1, -0.05) is 0 Å². The van der Waals surface area contributed by atoms with Gasteiger partial charge >= 0.3 is 0 Å². The maximum atomic E-state index is 12.2. The van der Waals surface area contributed by atoms with Crippen LogP contribution in [0.1, 0.15) is 16.7 Å². The Morgan fingerprint density at radius 3 is 2.27 bits per heavy atom. The number of amidine groups is 1. The van der Waals surface area contributed by atoms with Crippen molar-refractivity contribution < 1.29 is 18.3 Å². The Kier molecular flexibility index (Phi) is 3.95. The van der Waals surface area contributed by atoms with Gasteiger partial charge in [0.05, 0.1) is 9.85 Å². The zero-order chi connectivity index (χ0) is 19.2. The van der Waals surface area contributed by atoms with Gasteiger partial charge < -0.3 is 5.32 Å². The van der Waals surface area contributed by atoms with Crippen molar-refractivity contribution in [3.05, 3.63) is 67.3 Å². The lowest BCUT2D eigenvalue weighted by molar-refractivity contribution is -0.385. The Morgan fingerprint density at radius 2 is 1.65 bits per heavy atom. The third-order valence-electron chi connectivity index (χ3n) is 3.98. The molecule has 1 N–H and O–H groups in total. The summed E-state index contributed by atoms with van der Waals surface area (Å²) in [6, 6.07) is 6.20. The van der Waals surface area contributed by atoms with Crippen LogP contribution in [0.2, 0.25) is 0 Å². The first-order chi connectivity index (χ1) is 12.1. The van der Waals surface area contributed by atoms with E-state index in [-0.39, 0.29) is 33.4 Å². The standard InChI is InChI=1S/C15H12N4O6S/c1-8-5-12(13(19(22)23)6-9(8)2)16-15-11-4-3-10(18(20)21)7-14(11)26(24,25)17-15/h3-7H,1-2H3,(H,16,17). The molecule has 1 aliphatic heterocycles. The van der Waals surface area contributed by atoms with E-state index in [2.05, 4.69) is 9.71 Å². The van der Waals surface area contributed by atoms with Gasteiger partial charge in [0.15, 0.2) is 5.84 Å². The molecule has 10 nitrogen and oxygen atoms in total. The second kappa shape index (κ2) is 5.88. The largest absolute Gasteiger partial charge is 0.333 e. The Bertz CT molecular complexity index is 1110. The fourth-order valence-electron chi connectivity index (χ4n) is 2.52. The number of aryl methyl sites for hydroxylation is 2. The molecule has 11 heteroatoms. The van der Waals surface area contributed by atoms with Gasteiger partial charge in [-0.3, -0.25) is 20.2 Å². The third-order valence-corrected chi connectivity index (χ3v) is 5.30. The lowest BCUT2D eigenvalue weighted by Crippen LogP contribution is -2.13.